The molecule has 0 fully saturated rings. The lowest BCUT2D eigenvalue weighted by Crippen LogP contribution is -2.24. The summed E-state index contributed by atoms with van der Waals surface area (Å²) in [5.74, 6) is 0. The maximum atomic E-state index is 13.7. The fraction of sp³-hybridized carbons (Fsp3) is 0.120. The van der Waals surface area contributed by atoms with E-state index >= 15 is 0 Å². The minimum absolute atomic E-state index is 0.0106. The summed E-state index contributed by atoms with van der Waals surface area (Å²) in [5, 5.41) is 0.684. The SMILES string of the molecule is Cc1ccccc1Cn1c(=O)c2ccccc2n2c(=S)sc(-c3ccccc3C)c12. The molecular weight excluding hydrogens is 408 g/mol. The lowest BCUT2D eigenvalue weighted by atomic mass is 10.1. The van der Waals surface area contributed by atoms with Gasteiger partial charge in [-0.15, -0.1) is 11.3 Å². The summed E-state index contributed by atoms with van der Waals surface area (Å²) in [6, 6.07) is 24.2. The van der Waals surface area contributed by atoms with Gasteiger partial charge in [0.05, 0.1) is 22.3 Å². The van der Waals surface area contributed by atoms with Crippen molar-refractivity contribution in [3.63, 3.8) is 0 Å². The summed E-state index contributed by atoms with van der Waals surface area (Å²) in [6.45, 7) is 4.68. The van der Waals surface area contributed by atoms with Crippen molar-refractivity contribution in [2.45, 2.75) is 20.4 Å². The first-order chi connectivity index (χ1) is 14.6. The number of aromatic nitrogens is 2. The van der Waals surface area contributed by atoms with Gasteiger partial charge in [0.1, 0.15) is 5.65 Å². The molecule has 3 aromatic carbocycles. The van der Waals surface area contributed by atoms with Gasteiger partial charge in [-0.1, -0.05) is 60.7 Å². The molecule has 30 heavy (non-hydrogen) atoms. The second-order valence-electron chi connectivity index (χ2n) is 7.51. The third-order valence-electron chi connectivity index (χ3n) is 5.64. The van der Waals surface area contributed by atoms with Gasteiger partial charge in [-0.3, -0.25) is 13.8 Å². The van der Waals surface area contributed by atoms with E-state index in [9.17, 15) is 4.79 Å². The molecule has 0 amide bonds. The number of nitrogens with zero attached hydrogens (tertiary/aromatic N) is 2. The number of para-hydroxylation sites is 1. The first-order valence-electron chi connectivity index (χ1n) is 9.84. The first-order valence-corrected chi connectivity index (χ1v) is 11.1. The molecule has 5 heteroatoms. The molecule has 0 bridgehead atoms. The number of benzene rings is 3. The number of thiazole rings is 1. The zero-order valence-corrected chi connectivity index (χ0v) is 18.4. The number of aryl methyl sites for hydroxylation is 2. The van der Waals surface area contributed by atoms with E-state index in [0.29, 0.717) is 11.9 Å². The second kappa shape index (κ2) is 7.35. The van der Waals surface area contributed by atoms with E-state index in [4.69, 9.17) is 12.2 Å². The van der Waals surface area contributed by atoms with Crippen molar-refractivity contribution >= 4 is 40.1 Å². The third-order valence-corrected chi connectivity index (χ3v) is 7.04. The van der Waals surface area contributed by atoms with Crippen LogP contribution in [0, 0.1) is 17.8 Å². The predicted octanol–water partition coefficient (Wildman–Crippen LogP) is 6.38. The molecule has 0 unspecified atom stereocenters. The van der Waals surface area contributed by atoms with E-state index in [1.165, 1.54) is 11.1 Å². The molecule has 5 aromatic rings. The van der Waals surface area contributed by atoms with E-state index < -0.39 is 0 Å². The van der Waals surface area contributed by atoms with Crippen LogP contribution in [-0.2, 0) is 6.54 Å². The van der Waals surface area contributed by atoms with E-state index in [2.05, 4.69) is 42.5 Å². The number of fused-ring (bicyclic) bond motifs is 3. The Morgan fingerprint density at radius 2 is 1.53 bits per heavy atom. The molecule has 0 aliphatic rings. The van der Waals surface area contributed by atoms with Crippen molar-refractivity contribution in [3.8, 4) is 10.4 Å². The molecular formula is C25H20N2OS2. The van der Waals surface area contributed by atoms with Crippen molar-refractivity contribution < 1.29 is 0 Å². The topological polar surface area (TPSA) is 26.4 Å². The highest BCUT2D eigenvalue weighted by molar-refractivity contribution is 7.73. The molecule has 3 nitrogen and oxygen atoms in total. The maximum Gasteiger partial charge on any atom is 0.261 e. The Balaban J connectivity index is 1.95. The highest BCUT2D eigenvalue weighted by atomic mass is 32.1. The molecule has 2 aromatic heterocycles. The van der Waals surface area contributed by atoms with Crippen LogP contribution in [0.3, 0.4) is 0 Å². The van der Waals surface area contributed by atoms with Crippen LogP contribution in [0.4, 0.5) is 0 Å². The van der Waals surface area contributed by atoms with Crippen molar-refractivity contribution in [1.29, 1.82) is 0 Å². The molecule has 0 radical (unpaired) electrons. The Hall–Kier alpha value is -3.02. The molecule has 5 rings (SSSR count). The van der Waals surface area contributed by atoms with Gasteiger partial charge in [0, 0.05) is 0 Å². The highest BCUT2D eigenvalue weighted by Gasteiger charge is 2.19. The van der Waals surface area contributed by atoms with Gasteiger partial charge in [-0.2, -0.15) is 0 Å². The van der Waals surface area contributed by atoms with Crippen molar-refractivity contribution in [3.05, 3.63) is 104 Å². The van der Waals surface area contributed by atoms with Crippen molar-refractivity contribution in [1.82, 2.24) is 8.97 Å². The van der Waals surface area contributed by atoms with Gasteiger partial charge in [-0.25, -0.2) is 0 Å². The van der Waals surface area contributed by atoms with Gasteiger partial charge < -0.3 is 0 Å². The molecule has 0 saturated carbocycles. The normalized spacial score (nSPS) is 11.4. The Bertz CT molecular complexity index is 1540. The van der Waals surface area contributed by atoms with Gasteiger partial charge in [0.2, 0.25) is 0 Å². The van der Waals surface area contributed by atoms with Gasteiger partial charge in [0.15, 0.2) is 3.95 Å². The summed E-state index contributed by atoms with van der Waals surface area (Å²) >= 11 is 7.37. The highest BCUT2D eigenvalue weighted by Crippen LogP contribution is 2.35. The van der Waals surface area contributed by atoms with Crippen LogP contribution in [0.25, 0.3) is 27.0 Å². The standard InChI is InChI=1S/C25H20N2OS2/c1-16-9-3-5-11-18(16)15-26-23-22(19-12-6-4-10-17(19)2)30-25(29)27(23)21-14-8-7-13-20(21)24(26)28/h3-14H,15H2,1-2H3. The van der Waals surface area contributed by atoms with Crippen LogP contribution in [0.1, 0.15) is 16.7 Å². The summed E-state index contributed by atoms with van der Waals surface area (Å²) < 4.78 is 4.70. The lowest BCUT2D eigenvalue weighted by Gasteiger charge is -2.15. The van der Waals surface area contributed by atoms with E-state index in [0.717, 1.165) is 31.1 Å². The molecule has 0 spiro atoms. The largest absolute Gasteiger partial charge is 0.288 e. The Kier molecular flexibility index (Phi) is 4.65. The summed E-state index contributed by atoms with van der Waals surface area (Å²) in [5.41, 5.74) is 6.32. The minimum Gasteiger partial charge on any atom is -0.288 e. The monoisotopic (exact) mass is 428 g/mol. The fourth-order valence-electron chi connectivity index (χ4n) is 4.02. The molecule has 0 atom stereocenters. The summed E-state index contributed by atoms with van der Waals surface area (Å²) in [7, 11) is 0. The molecule has 2 heterocycles. The van der Waals surface area contributed by atoms with Crippen LogP contribution in [0.15, 0.2) is 77.6 Å². The van der Waals surface area contributed by atoms with Crippen LogP contribution in [0.5, 0.6) is 0 Å². The Morgan fingerprint density at radius 3 is 2.30 bits per heavy atom. The summed E-state index contributed by atoms with van der Waals surface area (Å²) in [6.07, 6.45) is 0. The van der Waals surface area contributed by atoms with Crippen LogP contribution in [-0.4, -0.2) is 8.97 Å². The summed E-state index contributed by atoms with van der Waals surface area (Å²) in [4.78, 5) is 14.7. The quantitative estimate of drug-likeness (QED) is 0.312. The van der Waals surface area contributed by atoms with Crippen molar-refractivity contribution in [2.24, 2.45) is 0 Å². The number of rotatable bonds is 3. The van der Waals surface area contributed by atoms with E-state index in [1.54, 1.807) is 11.3 Å². The van der Waals surface area contributed by atoms with Crippen LogP contribution < -0.4 is 5.56 Å². The minimum atomic E-state index is 0.0106. The van der Waals surface area contributed by atoms with Gasteiger partial charge in [0.25, 0.3) is 5.56 Å². The van der Waals surface area contributed by atoms with E-state index in [-0.39, 0.29) is 5.56 Å². The van der Waals surface area contributed by atoms with Crippen LogP contribution in [0.2, 0.25) is 0 Å². The fourth-order valence-corrected chi connectivity index (χ4v) is 5.54. The predicted molar refractivity (Wildman–Crippen MR) is 128 cm³/mol. The maximum absolute atomic E-state index is 13.7. The van der Waals surface area contributed by atoms with E-state index in [1.807, 2.05) is 53.1 Å². The van der Waals surface area contributed by atoms with Crippen molar-refractivity contribution in [2.75, 3.05) is 0 Å². The Morgan fingerprint density at radius 1 is 0.867 bits per heavy atom. The first kappa shape index (κ1) is 19.0. The second-order valence-corrected chi connectivity index (χ2v) is 9.15. The number of hydrogen-bond acceptors (Lipinski definition) is 3. The zero-order chi connectivity index (χ0) is 20.8. The zero-order valence-electron chi connectivity index (χ0n) is 16.8. The molecule has 0 N–H and O–H groups in total. The smallest absolute Gasteiger partial charge is 0.261 e. The Labute approximate surface area is 183 Å². The average Bonchev–Trinajstić information content (AvgIpc) is 3.09. The average molecular weight is 429 g/mol. The van der Waals surface area contributed by atoms with Gasteiger partial charge >= 0.3 is 0 Å². The third kappa shape index (κ3) is 2.93. The number of hydrogen-bond donors (Lipinski definition) is 0. The lowest BCUT2D eigenvalue weighted by molar-refractivity contribution is 0.776. The molecule has 0 aliphatic carbocycles. The molecule has 0 aliphatic heterocycles. The van der Waals surface area contributed by atoms with Crippen LogP contribution >= 0.6 is 23.6 Å². The molecule has 148 valence electrons. The van der Waals surface area contributed by atoms with Gasteiger partial charge in [-0.05, 0) is 60.5 Å². The molecule has 0 saturated heterocycles.